The number of rotatable bonds is 4. The standard InChI is InChI=1S/C16H12F6N2OS/c1-24(13-7-6-10(8-23-13)16(20,21)22)14(25)11-4-2-3-5-12(11)26-9-15(17,18)19/h2-8H,9H2,1H3. The Morgan fingerprint density at radius 2 is 1.73 bits per heavy atom. The third-order valence-electron chi connectivity index (χ3n) is 3.23. The second-order valence-electron chi connectivity index (χ2n) is 5.17. The van der Waals surface area contributed by atoms with Crippen molar-refractivity contribution in [3.8, 4) is 0 Å². The summed E-state index contributed by atoms with van der Waals surface area (Å²) in [5.41, 5.74) is -0.964. The number of anilines is 1. The summed E-state index contributed by atoms with van der Waals surface area (Å²) in [4.78, 5) is 17.2. The zero-order valence-electron chi connectivity index (χ0n) is 13.2. The molecule has 26 heavy (non-hydrogen) atoms. The Morgan fingerprint density at radius 1 is 1.08 bits per heavy atom. The van der Waals surface area contributed by atoms with E-state index in [1.54, 1.807) is 0 Å². The summed E-state index contributed by atoms with van der Waals surface area (Å²) in [6.07, 6.45) is -8.37. The van der Waals surface area contributed by atoms with Crippen molar-refractivity contribution in [1.82, 2.24) is 4.98 Å². The van der Waals surface area contributed by atoms with Crippen LogP contribution in [0.3, 0.4) is 0 Å². The molecule has 0 spiro atoms. The number of aromatic nitrogens is 1. The molecule has 0 aliphatic heterocycles. The van der Waals surface area contributed by atoms with E-state index in [1.165, 1.54) is 31.3 Å². The molecule has 140 valence electrons. The zero-order chi connectivity index (χ0) is 19.5. The number of hydrogen-bond acceptors (Lipinski definition) is 3. The first-order chi connectivity index (χ1) is 12.0. The number of hydrogen-bond donors (Lipinski definition) is 0. The maximum Gasteiger partial charge on any atom is 0.417 e. The fourth-order valence-electron chi connectivity index (χ4n) is 1.97. The van der Waals surface area contributed by atoms with Gasteiger partial charge in [0.25, 0.3) is 5.91 Å². The van der Waals surface area contributed by atoms with Gasteiger partial charge in [-0.05, 0) is 24.3 Å². The first-order valence-electron chi connectivity index (χ1n) is 7.09. The fraction of sp³-hybridized carbons (Fsp3) is 0.250. The summed E-state index contributed by atoms with van der Waals surface area (Å²) in [6, 6.07) is 7.49. The normalized spacial score (nSPS) is 12.1. The molecule has 0 radical (unpaired) electrons. The molecule has 0 aliphatic rings. The van der Waals surface area contributed by atoms with E-state index >= 15 is 0 Å². The molecule has 0 aliphatic carbocycles. The highest BCUT2D eigenvalue weighted by Crippen LogP contribution is 2.31. The monoisotopic (exact) mass is 394 g/mol. The Bertz CT molecular complexity index is 774. The van der Waals surface area contributed by atoms with Gasteiger partial charge in [0, 0.05) is 18.1 Å². The molecular weight excluding hydrogens is 382 g/mol. The predicted octanol–water partition coefficient (Wildman–Crippen LogP) is 5.03. The van der Waals surface area contributed by atoms with Crippen molar-refractivity contribution < 1.29 is 31.1 Å². The van der Waals surface area contributed by atoms with E-state index in [-0.39, 0.29) is 16.3 Å². The van der Waals surface area contributed by atoms with E-state index < -0.39 is 29.6 Å². The number of thioether (sulfide) groups is 1. The lowest BCUT2D eigenvalue weighted by atomic mass is 10.2. The summed E-state index contributed by atoms with van der Waals surface area (Å²) in [5.74, 6) is -1.90. The van der Waals surface area contributed by atoms with Crippen molar-refractivity contribution >= 4 is 23.5 Å². The van der Waals surface area contributed by atoms with Crippen molar-refractivity contribution in [3.05, 3.63) is 53.7 Å². The van der Waals surface area contributed by atoms with Crippen LogP contribution in [-0.2, 0) is 6.18 Å². The van der Waals surface area contributed by atoms with Crippen LogP contribution < -0.4 is 4.90 Å². The molecule has 0 bridgehead atoms. The van der Waals surface area contributed by atoms with Gasteiger partial charge in [0.1, 0.15) is 5.82 Å². The van der Waals surface area contributed by atoms with E-state index in [9.17, 15) is 31.1 Å². The average Bonchev–Trinajstić information content (AvgIpc) is 2.57. The number of pyridine rings is 1. The van der Waals surface area contributed by atoms with Gasteiger partial charge >= 0.3 is 12.4 Å². The van der Waals surface area contributed by atoms with Crippen molar-refractivity contribution in [2.45, 2.75) is 17.2 Å². The second-order valence-corrected chi connectivity index (χ2v) is 6.18. The van der Waals surface area contributed by atoms with Crippen LogP contribution in [0.15, 0.2) is 47.5 Å². The van der Waals surface area contributed by atoms with Crippen LogP contribution in [0, 0.1) is 0 Å². The summed E-state index contributed by atoms with van der Waals surface area (Å²) >= 11 is 0.459. The van der Waals surface area contributed by atoms with Crippen molar-refractivity contribution in [1.29, 1.82) is 0 Å². The van der Waals surface area contributed by atoms with Crippen LogP contribution in [-0.4, -0.2) is 29.9 Å². The minimum atomic E-state index is -4.56. The van der Waals surface area contributed by atoms with Crippen molar-refractivity contribution in [2.24, 2.45) is 0 Å². The lowest BCUT2D eigenvalue weighted by Gasteiger charge is -2.19. The molecule has 0 saturated carbocycles. The molecule has 0 atom stereocenters. The SMILES string of the molecule is CN(C(=O)c1ccccc1SCC(F)(F)F)c1ccc(C(F)(F)F)cn1. The first kappa shape index (κ1) is 20.1. The van der Waals surface area contributed by atoms with Crippen molar-refractivity contribution in [3.63, 3.8) is 0 Å². The second kappa shape index (κ2) is 7.56. The van der Waals surface area contributed by atoms with Crippen LogP contribution in [0.5, 0.6) is 0 Å². The number of benzene rings is 1. The molecule has 0 N–H and O–H groups in total. The van der Waals surface area contributed by atoms with E-state index in [2.05, 4.69) is 4.98 Å². The Labute approximate surface area is 149 Å². The van der Waals surface area contributed by atoms with Gasteiger partial charge in [-0.1, -0.05) is 12.1 Å². The molecule has 0 unspecified atom stereocenters. The minimum Gasteiger partial charge on any atom is -0.296 e. The number of halogens is 6. The first-order valence-corrected chi connectivity index (χ1v) is 8.07. The van der Waals surface area contributed by atoms with Crippen LogP contribution >= 0.6 is 11.8 Å². The predicted molar refractivity (Wildman–Crippen MR) is 85.2 cm³/mol. The number of nitrogens with zero attached hydrogens (tertiary/aromatic N) is 2. The zero-order valence-corrected chi connectivity index (χ0v) is 14.0. The fourth-order valence-corrected chi connectivity index (χ4v) is 2.77. The quantitative estimate of drug-likeness (QED) is 0.539. The summed E-state index contributed by atoms with van der Waals surface area (Å²) in [5, 5.41) is 0. The number of carbonyl (C=O) groups is 1. The molecule has 0 saturated heterocycles. The summed E-state index contributed by atoms with van der Waals surface area (Å²) in [6.45, 7) is 0. The molecule has 1 heterocycles. The van der Waals surface area contributed by atoms with Gasteiger partial charge < -0.3 is 0 Å². The number of amides is 1. The summed E-state index contributed by atoms with van der Waals surface area (Å²) < 4.78 is 74.9. The van der Waals surface area contributed by atoms with Crippen LogP contribution in [0.2, 0.25) is 0 Å². The maximum atomic E-state index is 12.6. The van der Waals surface area contributed by atoms with E-state index in [0.29, 0.717) is 18.0 Å². The highest BCUT2D eigenvalue weighted by atomic mass is 32.2. The largest absolute Gasteiger partial charge is 0.417 e. The molecular formula is C16H12F6N2OS. The minimum absolute atomic E-state index is 0.00551. The highest BCUT2D eigenvalue weighted by Gasteiger charge is 2.31. The van der Waals surface area contributed by atoms with Crippen LogP contribution in [0.1, 0.15) is 15.9 Å². The van der Waals surface area contributed by atoms with Gasteiger partial charge in [0.2, 0.25) is 0 Å². The van der Waals surface area contributed by atoms with Gasteiger partial charge in [-0.2, -0.15) is 26.3 Å². The third kappa shape index (κ3) is 5.13. The molecule has 2 rings (SSSR count). The lowest BCUT2D eigenvalue weighted by molar-refractivity contribution is -0.137. The molecule has 1 aromatic carbocycles. The van der Waals surface area contributed by atoms with Gasteiger partial charge in [-0.3, -0.25) is 9.69 Å². The Balaban J connectivity index is 2.23. The molecule has 0 fully saturated rings. The smallest absolute Gasteiger partial charge is 0.296 e. The molecule has 1 aromatic heterocycles. The average molecular weight is 394 g/mol. The van der Waals surface area contributed by atoms with Crippen LogP contribution in [0.4, 0.5) is 32.2 Å². The molecule has 3 nitrogen and oxygen atoms in total. The topological polar surface area (TPSA) is 33.2 Å². The van der Waals surface area contributed by atoms with Gasteiger partial charge in [0.05, 0.1) is 16.9 Å². The van der Waals surface area contributed by atoms with E-state index in [1.807, 2.05) is 0 Å². The maximum absolute atomic E-state index is 12.6. The number of carbonyl (C=O) groups excluding carboxylic acids is 1. The van der Waals surface area contributed by atoms with Crippen molar-refractivity contribution in [2.75, 3.05) is 17.7 Å². The Hall–Kier alpha value is -2.23. The Morgan fingerprint density at radius 3 is 2.27 bits per heavy atom. The van der Waals surface area contributed by atoms with Gasteiger partial charge in [0.15, 0.2) is 0 Å². The van der Waals surface area contributed by atoms with Gasteiger partial charge in [-0.15, -0.1) is 11.8 Å². The molecule has 2 aromatic rings. The molecule has 1 amide bonds. The van der Waals surface area contributed by atoms with E-state index in [4.69, 9.17) is 0 Å². The third-order valence-corrected chi connectivity index (χ3v) is 4.37. The van der Waals surface area contributed by atoms with Crippen LogP contribution in [0.25, 0.3) is 0 Å². The Kier molecular flexibility index (Phi) is 5.84. The van der Waals surface area contributed by atoms with E-state index in [0.717, 1.165) is 17.0 Å². The molecule has 10 heteroatoms. The highest BCUT2D eigenvalue weighted by molar-refractivity contribution is 7.99. The summed E-state index contributed by atoms with van der Waals surface area (Å²) in [7, 11) is 1.28. The van der Waals surface area contributed by atoms with Gasteiger partial charge in [-0.25, -0.2) is 4.98 Å². The lowest BCUT2D eigenvalue weighted by Crippen LogP contribution is -2.27. The number of alkyl halides is 6.